The first-order valence-electron chi connectivity index (χ1n) is 5.17. The second-order valence-corrected chi connectivity index (χ2v) is 3.77. The highest BCUT2D eigenvalue weighted by atomic mass is 16.6. The van der Waals surface area contributed by atoms with Crippen LogP contribution in [0.15, 0.2) is 18.2 Å². The maximum Gasteiger partial charge on any atom is 0.293 e. The van der Waals surface area contributed by atoms with E-state index >= 15 is 0 Å². The highest BCUT2D eigenvalue weighted by Crippen LogP contribution is 2.31. The van der Waals surface area contributed by atoms with Crippen molar-refractivity contribution in [3.63, 3.8) is 0 Å². The molecule has 2 rings (SSSR count). The Morgan fingerprint density at radius 3 is 2.71 bits per heavy atom. The fourth-order valence-corrected chi connectivity index (χ4v) is 1.89. The highest BCUT2D eigenvalue weighted by molar-refractivity contribution is 5.98. The Labute approximate surface area is 97.0 Å². The number of nitro groups is 1. The molecule has 0 spiro atoms. The molecule has 88 valence electrons. The zero-order valence-electron chi connectivity index (χ0n) is 8.96. The summed E-state index contributed by atoms with van der Waals surface area (Å²) in [4.78, 5) is 33.8. The van der Waals surface area contributed by atoms with E-state index in [1.165, 1.54) is 23.1 Å². The van der Waals surface area contributed by atoms with Crippen LogP contribution in [0.25, 0.3) is 0 Å². The first kappa shape index (κ1) is 11.3. The van der Waals surface area contributed by atoms with Gasteiger partial charge in [-0.05, 0) is 18.6 Å². The standard InChI is InChI=1S/C11H10N2O4/c14-7-8-3-4-9(10(6-8)13(16)17)12-5-1-2-11(12)15/h3-4,6-7H,1-2,5H2. The van der Waals surface area contributed by atoms with E-state index in [0.29, 0.717) is 25.7 Å². The molecular weight excluding hydrogens is 224 g/mol. The van der Waals surface area contributed by atoms with Gasteiger partial charge in [-0.15, -0.1) is 0 Å². The fraction of sp³-hybridized carbons (Fsp3) is 0.273. The maximum absolute atomic E-state index is 11.5. The van der Waals surface area contributed by atoms with Crippen LogP contribution in [-0.4, -0.2) is 23.7 Å². The second kappa shape index (κ2) is 4.32. The topological polar surface area (TPSA) is 80.5 Å². The predicted octanol–water partition coefficient (Wildman–Crippen LogP) is 1.53. The van der Waals surface area contributed by atoms with Crippen LogP contribution in [0.1, 0.15) is 23.2 Å². The molecule has 0 saturated carbocycles. The minimum atomic E-state index is -0.575. The molecule has 0 unspecified atom stereocenters. The van der Waals surface area contributed by atoms with Gasteiger partial charge in [0, 0.05) is 24.6 Å². The highest BCUT2D eigenvalue weighted by Gasteiger charge is 2.28. The van der Waals surface area contributed by atoms with Crippen molar-refractivity contribution in [3.8, 4) is 0 Å². The van der Waals surface area contributed by atoms with Crippen LogP contribution < -0.4 is 4.90 Å². The van der Waals surface area contributed by atoms with Gasteiger partial charge in [-0.3, -0.25) is 19.7 Å². The number of hydrogen-bond donors (Lipinski definition) is 0. The van der Waals surface area contributed by atoms with Crippen molar-refractivity contribution in [3.05, 3.63) is 33.9 Å². The van der Waals surface area contributed by atoms with Crippen LogP contribution in [0.4, 0.5) is 11.4 Å². The van der Waals surface area contributed by atoms with E-state index in [2.05, 4.69) is 0 Å². The Kier molecular flexibility index (Phi) is 2.86. The Bertz CT molecular complexity index is 498. The molecule has 1 aliphatic heterocycles. The minimum absolute atomic E-state index is 0.119. The summed E-state index contributed by atoms with van der Waals surface area (Å²) in [6, 6.07) is 4.11. The van der Waals surface area contributed by atoms with Gasteiger partial charge in [0.15, 0.2) is 0 Å². The normalized spacial score (nSPS) is 15.1. The zero-order chi connectivity index (χ0) is 12.4. The largest absolute Gasteiger partial charge is 0.306 e. The second-order valence-electron chi connectivity index (χ2n) is 3.77. The number of hydrogen-bond acceptors (Lipinski definition) is 4. The molecule has 1 aromatic carbocycles. The molecule has 0 bridgehead atoms. The molecule has 0 atom stereocenters. The molecule has 1 aliphatic rings. The van der Waals surface area contributed by atoms with Gasteiger partial charge in [0.25, 0.3) is 5.69 Å². The molecule has 0 radical (unpaired) electrons. The molecule has 6 nitrogen and oxygen atoms in total. The number of rotatable bonds is 3. The van der Waals surface area contributed by atoms with Crippen LogP contribution >= 0.6 is 0 Å². The van der Waals surface area contributed by atoms with E-state index in [9.17, 15) is 19.7 Å². The molecule has 0 aromatic heterocycles. The summed E-state index contributed by atoms with van der Waals surface area (Å²) in [5, 5.41) is 10.9. The smallest absolute Gasteiger partial charge is 0.293 e. The van der Waals surface area contributed by atoms with E-state index in [4.69, 9.17) is 0 Å². The Hall–Kier alpha value is -2.24. The van der Waals surface area contributed by atoms with Gasteiger partial charge in [-0.1, -0.05) is 0 Å². The van der Waals surface area contributed by atoms with Gasteiger partial charge in [0.1, 0.15) is 12.0 Å². The summed E-state index contributed by atoms with van der Waals surface area (Å²) in [6.45, 7) is 0.486. The van der Waals surface area contributed by atoms with Crippen molar-refractivity contribution in [2.75, 3.05) is 11.4 Å². The first-order chi connectivity index (χ1) is 8.13. The molecule has 1 saturated heterocycles. The summed E-state index contributed by atoms with van der Waals surface area (Å²) in [6.07, 6.45) is 1.65. The van der Waals surface area contributed by atoms with E-state index < -0.39 is 4.92 Å². The number of carbonyl (C=O) groups is 2. The molecule has 0 aliphatic carbocycles. The molecule has 1 heterocycles. The lowest BCUT2D eigenvalue weighted by Crippen LogP contribution is -2.24. The van der Waals surface area contributed by atoms with Crippen molar-refractivity contribution in [1.29, 1.82) is 0 Å². The predicted molar refractivity (Wildman–Crippen MR) is 60.1 cm³/mol. The number of anilines is 1. The monoisotopic (exact) mass is 234 g/mol. The van der Waals surface area contributed by atoms with Crippen molar-refractivity contribution >= 4 is 23.6 Å². The molecule has 1 fully saturated rings. The van der Waals surface area contributed by atoms with Gasteiger partial charge >= 0.3 is 0 Å². The van der Waals surface area contributed by atoms with Crippen LogP contribution in [0.5, 0.6) is 0 Å². The van der Waals surface area contributed by atoms with Crippen LogP contribution in [0.3, 0.4) is 0 Å². The molecule has 1 aromatic rings. The lowest BCUT2D eigenvalue weighted by molar-refractivity contribution is -0.384. The maximum atomic E-state index is 11.5. The Morgan fingerprint density at radius 1 is 1.41 bits per heavy atom. The summed E-state index contributed by atoms with van der Waals surface area (Å²) in [5.41, 5.74) is 0.292. The summed E-state index contributed by atoms with van der Waals surface area (Å²) >= 11 is 0. The number of aldehydes is 1. The van der Waals surface area contributed by atoms with Gasteiger partial charge in [0.2, 0.25) is 5.91 Å². The summed E-state index contributed by atoms with van der Waals surface area (Å²) < 4.78 is 0. The van der Waals surface area contributed by atoms with Gasteiger partial charge in [-0.25, -0.2) is 0 Å². The SMILES string of the molecule is O=Cc1ccc(N2CCCC2=O)c([N+](=O)[O-])c1. The van der Waals surface area contributed by atoms with Crippen molar-refractivity contribution in [2.45, 2.75) is 12.8 Å². The molecule has 6 heteroatoms. The lowest BCUT2D eigenvalue weighted by Gasteiger charge is -2.15. The minimum Gasteiger partial charge on any atom is -0.306 e. The fourth-order valence-electron chi connectivity index (χ4n) is 1.89. The number of nitrogens with zero attached hydrogens (tertiary/aromatic N) is 2. The van der Waals surface area contributed by atoms with Crippen LogP contribution in [0.2, 0.25) is 0 Å². The van der Waals surface area contributed by atoms with Crippen molar-refractivity contribution in [2.24, 2.45) is 0 Å². The average Bonchev–Trinajstić information content (AvgIpc) is 2.74. The van der Waals surface area contributed by atoms with E-state index in [1.54, 1.807) is 0 Å². The third-order valence-corrected chi connectivity index (χ3v) is 2.70. The zero-order valence-corrected chi connectivity index (χ0v) is 8.96. The van der Waals surface area contributed by atoms with Gasteiger partial charge in [-0.2, -0.15) is 0 Å². The van der Waals surface area contributed by atoms with Crippen LogP contribution in [-0.2, 0) is 4.79 Å². The van der Waals surface area contributed by atoms with Crippen LogP contribution in [0, 0.1) is 10.1 Å². The average molecular weight is 234 g/mol. The lowest BCUT2D eigenvalue weighted by atomic mass is 10.1. The molecule has 1 amide bonds. The number of carbonyl (C=O) groups excluding carboxylic acids is 2. The Balaban J connectivity index is 2.49. The first-order valence-corrected chi connectivity index (χ1v) is 5.17. The number of nitro benzene ring substituents is 1. The number of benzene rings is 1. The molecular formula is C11H10N2O4. The van der Waals surface area contributed by atoms with Crippen molar-refractivity contribution < 1.29 is 14.5 Å². The molecule has 0 N–H and O–H groups in total. The molecule has 17 heavy (non-hydrogen) atoms. The van der Waals surface area contributed by atoms with E-state index in [-0.39, 0.29) is 22.8 Å². The van der Waals surface area contributed by atoms with E-state index in [1.807, 2.05) is 0 Å². The third-order valence-electron chi connectivity index (χ3n) is 2.70. The quantitative estimate of drug-likeness (QED) is 0.451. The third kappa shape index (κ3) is 2.01. The van der Waals surface area contributed by atoms with Crippen molar-refractivity contribution in [1.82, 2.24) is 0 Å². The summed E-state index contributed by atoms with van der Waals surface area (Å²) in [5.74, 6) is -0.119. The van der Waals surface area contributed by atoms with E-state index in [0.717, 1.165) is 0 Å². The number of amides is 1. The Morgan fingerprint density at radius 2 is 2.18 bits per heavy atom. The summed E-state index contributed by atoms with van der Waals surface area (Å²) in [7, 11) is 0. The van der Waals surface area contributed by atoms with Gasteiger partial charge in [0.05, 0.1) is 4.92 Å². The van der Waals surface area contributed by atoms with Gasteiger partial charge < -0.3 is 4.90 Å².